The lowest BCUT2D eigenvalue weighted by atomic mass is 9.99. The van der Waals surface area contributed by atoms with Crippen molar-refractivity contribution in [2.45, 2.75) is 38.6 Å². The molecule has 1 unspecified atom stereocenters. The van der Waals surface area contributed by atoms with Crippen molar-refractivity contribution in [3.8, 4) is 0 Å². The summed E-state index contributed by atoms with van der Waals surface area (Å²) in [5.41, 5.74) is 0. The zero-order chi connectivity index (χ0) is 10.6. The Morgan fingerprint density at radius 3 is 2.86 bits per heavy atom. The van der Waals surface area contributed by atoms with E-state index in [1.54, 1.807) is 7.05 Å². The first-order chi connectivity index (χ1) is 6.69. The largest absolute Gasteiger partial charge is 0.358 e. The Bertz CT molecular complexity index is 194. The van der Waals surface area contributed by atoms with Gasteiger partial charge < -0.3 is 5.32 Å². The second-order valence-electron chi connectivity index (χ2n) is 4.31. The van der Waals surface area contributed by atoms with E-state index in [2.05, 4.69) is 17.1 Å². The van der Waals surface area contributed by atoms with Gasteiger partial charge in [-0.25, -0.2) is 0 Å². The molecule has 0 radical (unpaired) electrons. The summed E-state index contributed by atoms with van der Waals surface area (Å²) in [5, 5.41) is 2.73. The molecule has 0 saturated carbocycles. The van der Waals surface area contributed by atoms with Gasteiger partial charge in [-0.1, -0.05) is 19.8 Å². The van der Waals surface area contributed by atoms with Crippen molar-refractivity contribution < 1.29 is 4.79 Å². The van der Waals surface area contributed by atoms with E-state index in [1.165, 1.54) is 19.3 Å². The molecule has 1 N–H and O–H groups in total. The summed E-state index contributed by atoms with van der Waals surface area (Å²) in [5.74, 6) is 0.897. The number of hydrogen-bond acceptors (Lipinski definition) is 2. The van der Waals surface area contributed by atoms with Crippen LogP contribution < -0.4 is 5.32 Å². The first-order valence-electron chi connectivity index (χ1n) is 5.60. The Labute approximate surface area is 86.9 Å². The second kappa shape index (κ2) is 5.35. The van der Waals surface area contributed by atoms with Gasteiger partial charge >= 0.3 is 0 Å². The van der Waals surface area contributed by atoms with Gasteiger partial charge in [-0.3, -0.25) is 9.69 Å². The quantitative estimate of drug-likeness (QED) is 0.737. The summed E-state index contributed by atoms with van der Waals surface area (Å²) in [4.78, 5) is 13.7. The lowest BCUT2D eigenvalue weighted by Gasteiger charge is -2.16. The number of carbonyl (C=O) groups excluding carboxylic acids is 1. The number of likely N-dealkylation sites (tertiary alicyclic amines) is 1. The van der Waals surface area contributed by atoms with Gasteiger partial charge in [0.1, 0.15) is 0 Å². The molecule has 1 aliphatic heterocycles. The third-order valence-electron chi connectivity index (χ3n) is 3.15. The summed E-state index contributed by atoms with van der Waals surface area (Å²) in [6.07, 6.45) is 4.86. The van der Waals surface area contributed by atoms with E-state index >= 15 is 0 Å². The summed E-state index contributed by atoms with van der Waals surface area (Å²) >= 11 is 0. The molecular formula is C11H22N2O. The fourth-order valence-electron chi connectivity index (χ4n) is 2.28. The van der Waals surface area contributed by atoms with Crippen molar-refractivity contribution in [1.29, 1.82) is 0 Å². The average Bonchev–Trinajstić information content (AvgIpc) is 2.55. The van der Waals surface area contributed by atoms with E-state index in [0.717, 1.165) is 18.9 Å². The van der Waals surface area contributed by atoms with E-state index in [-0.39, 0.29) is 11.9 Å². The Morgan fingerprint density at radius 1 is 1.57 bits per heavy atom. The standard InChI is InChI=1S/C11H22N2O/c1-4-5-6-9-7-10(11(14)12-2)13(3)8-9/h9-10H,4-8H2,1-3H3,(H,12,14)/t9?,10-/m0/s1. The van der Waals surface area contributed by atoms with E-state index in [9.17, 15) is 4.79 Å². The molecule has 0 aromatic carbocycles. The predicted molar refractivity (Wildman–Crippen MR) is 58.1 cm³/mol. The molecule has 3 nitrogen and oxygen atoms in total. The number of carbonyl (C=O) groups is 1. The summed E-state index contributed by atoms with van der Waals surface area (Å²) in [7, 11) is 3.77. The molecule has 82 valence electrons. The molecule has 1 amide bonds. The average molecular weight is 198 g/mol. The van der Waals surface area contributed by atoms with Crippen LogP contribution in [0.15, 0.2) is 0 Å². The molecule has 0 spiro atoms. The van der Waals surface area contributed by atoms with Gasteiger partial charge in [0.2, 0.25) is 5.91 Å². The number of amides is 1. The maximum absolute atomic E-state index is 11.5. The van der Waals surface area contributed by atoms with Crippen molar-refractivity contribution in [2.75, 3.05) is 20.6 Å². The van der Waals surface area contributed by atoms with E-state index in [0.29, 0.717) is 0 Å². The summed E-state index contributed by atoms with van der Waals surface area (Å²) in [6.45, 7) is 3.30. The number of hydrogen-bond donors (Lipinski definition) is 1. The number of likely N-dealkylation sites (N-methyl/N-ethyl adjacent to an activating group) is 2. The van der Waals surface area contributed by atoms with Crippen molar-refractivity contribution in [2.24, 2.45) is 5.92 Å². The molecular weight excluding hydrogens is 176 g/mol. The third kappa shape index (κ3) is 2.71. The van der Waals surface area contributed by atoms with E-state index in [1.807, 2.05) is 7.05 Å². The van der Waals surface area contributed by atoms with Gasteiger partial charge in [-0.2, -0.15) is 0 Å². The van der Waals surface area contributed by atoms with Crippen LogP contribution in [0.3, 0.4) is 0 Å². The highest BCUT2D eigenvalue weighted by Gasteiger charge is 2.33. The Kier molecular flexibility index (Phi) is 4.39. The number of unbranched alkanes of at least 4 members (excludes halogenated alkanes) is 1. The highest BCUT2D eigenvalue weighted by molar-refractivity contribution is 5.81. The van der Waals surface area contributed by atoms with Crippen molar-refractivity contribution in [3.63, 3.8) is 0 Å². The highest BCUT2D eigenvalue weighted by atomic mass is 16.2. The number of nitrogens with one attached hydrogen (secondary N) is 1. The highest BCUT2D eigenvalue weighted by Crippen LogP contribution is 2.25. The maximum atomic E-state index is 11.5. The van der Waals surface area contributed by atoms with Gasteiger partial charge in [0.25, 0.3) is 0 Å². The van der Waals surface area contributed by atoms with Gasteiger partial charge in [0.15, 0.2) is 0 Å². The SMILES string of the molecule is CCCCC1C[C@@H](C(=O)NC)N(C)C1. The smallest absolute Gasteiger partial charge is 0.237 e. The molecule has 1 fully saturated rings. The maximum Gasteiger partial charge on any atom is 0.237 e. The van der Waals surface area contributed by atoms with Crippen LogP contribution in [-0.2, 0) is 4.79 Å². The Balaban J connectivity index is 2.39. The molecule has 0 aliphatic carbocycles. The number of rotatable bonds is 4. The molecule has 1 aliphatic rings. The van der Waals surface area contributed by atoms with Gasteiger partial charge in [0.05, 0.1) is 6.04 Å². The molecule has 1 heterocycles. The van der Waals surface area contributed by atoms with Crippen LogP contribution >= 0.6 is 0 Å². The fraction of sp³-hybridized carbons (Fsp3) is 0.909. The monoisotopic (exact) mass is 198 g/mol. The zero-order valence-electron chi connectivity index (χ0n) is 9.55. The minimum Gasteiger partial charge on any atom is -0.358 e. The molecule has 0 aromatic heterocycles. The third-order valence-corrected chi connectivity index (χ3v) is 3.15. The van der Waals surface area contributed by atoms with E-state index in [4.69, 9.17) is 0 Å². The summed E-state index contributed by atoms with van der Waals surface area (Å²) in [6, 6.07) is 0.113. The minimum absolute atomic E-state index is 0.113. The van der Waals surface area contributed by atoms with Gasteiger partial charge in [-0.05, 0) is 25.8 Å². The minimum atomic E-state index is 0.113. The first-order valence-corrected chi connectivity index (χ1v) is 5.60. The van der Waals surface area contributed by atoms with E-state index < -0.39 is 0 Å². The molecule has 0 bridgehead atoms. The van der Waals surface area contributed by atoms with Gasteiger partial charge in [0, 0.05) is 13.6 Å². The van der Waals surface area contributed by atoms with Crippen LogP contribution in [-0.4, -0.2) is 37.5 Å². The molecule has 3 heteroatoms. The Morgan fingerprint density at radius 2 is 2.29 bits per heavy atom. The Hall–Kier alpha value is -0.570. The normalized spacial score (nSPS) is 27.9. The van der Waals surface area contributed by atoms with Crippen molar-refractivity contribution in [3.05, 3.63) is 0 Å². The van der Waals surface area contributed by atoms with Gasteiger partial charge in [-0.15, -0.1) is 0 Å². The first kappa shape index (κ1) is 11.5. The lowest BCUT2D eigenvalue weighted by Crippen LogP contribution is -2.39. The van der Waals surface area contributed by atoms with Crippen LogP contribution in [0.25, 0.3) is 0 Å². The topological polar surface area (TPSA) is 32.3 Å². The lowest BCUT2D eigenvalue weighted by molar-refractivity contribution is -0.124. The molecule has 2 atom stereocenters. The van der Waals surface area contributed by atoms with Crippen LogP contribution in [0, 0.1) is 5.92 Å². The molecule has 1 rings (SSSR count). The van der Waals surface area contributed by atoms with Crippen LogP contribution in [0.2, 0.25) is 0 Å². The molecule has 0 aromatic rings. The summed E-state index contributed by atoms with van der Waals surface area (Å²) < 4.78 is 0. The van der Waals surface area contributed by atoms with Crippen LogP contribution in [0.1, 0.15) is 32.6 Å². The van der Waals surface area contributed by atoms with Crippen LogP contribution in [0.4, 0.5) is 0 Å². The predicted octanol–water partition coefficient (Wildman–Crippen LogP) is 1.24. The zero-order valence-corrected chi connectivity index (χ0v) is 9.55. The number of nitrogens with zero attached hydrogens (tertiary/aromatic N) is 1. The second-order valence-corrected chi connectivity index (χ2v) is 4.31. The van der Waals surface area contributed by atoms with Crippen LogP contribution in [0.5, 0.6) is 0 Å². The molecule has 14 heavy (non-hydrogen) atoms. The van der Waals surface area contributed by atoms with Crippen molar-refractivity contribution in [1.82, 2.24) is 10.2 Å². The van der Waals surface area contributed by atoms with Crippen molar-refractivity contribution >= 4 is 5.91 Å². The molecule has 1 saturated heterocycles. The fourth-order valence-corrected chi connectivity index (χ4v) is 2.28.